The fourth-order valence-electron chi connectivity index (χ4n) is 2.37. The molecule has 2 aromatic heterocycles. The van der Waals surface area contributed by atoms with Crippen LogP contribution in [0.25, 0.3) is 11.2 Å². The Hall–Kier alpha value is -2.26. The maximum Gasteiger partial charge on any atom is 0.302 e. The highest BCUT2D eigenvalue weighted by molar-refractivity contribution is 5.81. The number of carbonyl (C=O) groups is 1. The van der Waals surface area contributed by atoms with Gasteiger partial charge in [-0.1, -0.05) is 0 Å². The topological polar surface area (TPSA) is 125 Å². The Morgan fingerprint density at radius 1 is 1.52 bits per heavy atom. The fourth-order valence-corrected chi connectivity index (χ4v) is 2.37. The van der Waals surface area contributed by atoms with Crippen molar-refractivity contribution in [1.29, 1.82) is 0 Å². The highest BCUT2D eigenvalue weighted by Crippen LogP contribution is 2.38. The van der Waals surface area contributed by atoms with E-state index in [1.54, 1.807) is 10.9 Å². The monoisotopic (exact) mass is 293 g/mol. The number of nitrogen functional groups attached to an aromatic ring is 1. The third-order valence-corrected chi connectivity index (χ3v) is 3.48. The first-order valence-electron chi connectivity index (χ1n) is 6.44. The van der Waals surface area contributed by atoms with Gasteiger partial charge in [0.1, 0.15) is 30.8 Å². The molecule has 3 rings (SSSR count). The van der Waals surface area contributed by atoms with Crippen molar-refractivity contribution < 1.29 is 19.4 Å². The van der Waals surface area contributed by atoms with E-state index in [-0.39, 0.29) is 37.0 Å². The van der Waals surface area contributed by atoms with Crippen LogP contribution < -0.4 is 5.73 Å². The Labute approximate surface area is 119 Å². The number of hydrogen-bond donors (Lipinski definition) is 2. The number of rotatable bonds is 4. The van der Waals surface area contributed by atoms with Crippen molar-refractivity contribution in [3.05, 3.63) is 12.7 Å². The van der Waals surface area contributed by atoms with Crippen LogP contribution in [0.1, 0.15) is 13.2 Å². The van der Waals surface area contributed by atoms with Crippen molar-refractivity contribution in [3.8, 4) is 0 Å². The van der Waals surface area contributed by atoms with Crippen LogP contribution in [0.4, 0.5) is 5.82 Å². The Morgan fingerprint density at radius 2 is 2.33 bits per heavy atom. The number of fused-ring (bicyclic) bond motifs is 1. The van der Waals surface area contributed by atoms with E-state index in [0.717, 1.165) is 0 Å². The molecule has 0 bridgehead atoms. The lowest BCUT2D eigenvalue weighted by Gasteiger charge is -2.43. The minimum Gasteiger partial charge on any atom is -0.463 e. The van der Waals surface area contributed by atoms with Gasteiger partial charge in [0.2, 0.25) is 0 Å². The minimum atomic E-state index is -0.421. The first-order chi connectivity index (χ1) is 10.1. The second-order valence-corrected chi connectivity index (χ2v) is 4.80. The number of aliphatic hydroxyl groups is 1. The predicted octanol–water partition coefficient (Wildman–Crippen LogP) is -0.523. The van der Waals surface area contributed by atoms with Gasteiger partial charge in [-0.2, -0.15) is 0 Å². The molecule has 0 spiro atoms. The number of hydrogen-bond acceptors (Lipinski definition) is 8. The van der Waals surface area contributed by atoms with E-state index < -0.39 is 6.23 Å². The fraction of sp³-hybridized carbons (Fsp3) is 0.500. The molecular weight excluding hydrogens is 278 g/mol. The van der Waals surface area contributed by atoms with Crippen LogP contribution in [0.15, 0.2) is 12.7 Å². The van der Waals surface area contributed by atoms with Crippen molar-refractivity contribution in [2.24, 2.45) is 5.92 Å². The first kappa shape index (κ1) is 13.7. The van der Waals surface area contributed by atoms with E-state index in [2.05, 4.69) is 15.0 Å². The molecule has 1 aliphatic heterocycles. The number of nitrogens with zero attached hydrogens (tertiary/aromatic N) is 4. The Morgan fingerprint density at radius 3 is 3.05 bits per heavy atom. The van der Waals surface area contributed by atoms with Gasteiger partial charge in [0.05, 0.1) is 18.9 Å². The lowest BCUT2D eigenvalue weighted by Crippen LogP contribution is -2.50. The third kappa shape index (κ3) is 2.30. The van der Waals surface area contributed by atoms with Crippen LogP contribution in [-0.2, 0) is 14.3 Å². The van der Waals surface area contributed by atoms with Crippen molar-refractivity contribution in [3.63, 3.8) is 0 Å². The molecule has 0 radical (unpaired) electrons. The van der Waals surface area contributed by atoms with Gasteiger partial charge < -0.3 is 20.3 Å². The molecule has 2 aromatic rings. The second-order valence-electron chi connectivity index (χ2n) is 4.80. The lowest BCUT2D eigenvalue weighted by atomic mass is 9.95. The summed E-state index contributed by atoms with van der Waals surface area (Å²) in [5, 5.41) is 9.51. The van der Waals surface area contributed by atoms with Gasteiger partial charge in [-0.25, -0.2) is 15.0 Å². The number of aliphatic hydroxyl groups excluding tert-OH is 1. The molecule has 9 heteroatoms. The van der Waals surface area contributed by atoms with Crippen LogP contribution in [0.5, 0.6) is 0 Å². The predicted molar refractivity (Wildman–Crippen MR) is 70.9 cm³/mol. The van der Waals surface area contributed by atoms with Gasteiger partial charge in [0.25, 0.3) is 0 Å². The molecule has 1 aliphatic rings. The van der Waals surface area contributed by atoms with Gasteiger partial charge in [0.15, 0.2) is 11.5 Å². The maximum atomic E-state index is 10.8. The van der Waals surface area contributed by atoms with Crippen LogP contribution in [0.3, 0.4) is 0 Å². The Kier molecular flexibility index (Phi) is 3.43. The summed E-state index contributed by atoms with van der Waals surface area (Å²) in [7, 11) is 0. The van der Waals surface area contributed by atoms with Gasteiger partial charge in [0, 0.05) is 6.92 Å². The first-order valence-corrected chi connectivity index (χ1v) is 6.44. The van der Waals surface area contributed by atoms with Crippen molar-refractivity contribution in [2.75, 3.05) is 18.9 Å². The van der Waals surface area contributed by atoms with E-state index in [0.29, 0.717) is 11.2 Å². The number of esters is 1. The third-order valence-electron chi connectivity index (χ3n) is 3.48. The zero-order valence-corrected chi connectivity index (χ0v) is 11.3. The largest absolute Gasteiger partial charge is 0.463 e. The number of ether oxygens (including phenoxy) is 2. The quantitative estimate of drug-likeness (QED) is 0.721. The maximum absolute atomic E-state index is 10.8. The summed E-state index contributed by atoms with van der Waals surface area (Å²) in [6.45, 7) is 1.34. The molecule has 1 saturated heterocycles. The molecular formula is C12H15N5O4. The lowest BCUT2D eigenvalue weighted by molar-refractivity contribution is -0.246. The molecule has 3 N–H and O–H groups in total. The van der Waals surface area contributed by atoms with E-state index in [1.165, 1.54) is 13.3 Å². The summed E-state index contributed by atoms with van der Waals surface area (Å²) in [5.41, 5.74) is 6.76. The Balaban J connectivity index is 1.81. The minimum absolute atomic E-state index is 0.100. The summed E-state index contributed by atoms with van der Waals surface area (Å²) in [6.07, 6.45) is 2.12. The molecule has 0 aliphatic carbocycles. The van der Waals surface area contributed by atoms with Crippen molar-refractivity contribution in [2.45, 2.75) is 19.3 Å². The van der Waals surface area contributed by atoms with Crippen LogP contribution in [-0.4, -0.2) is 49.9 Å². The standard InChI is InChI=1S/C12H15N5O4/c1-6(19)20-3-8-7(2-18)12(21-8)17-5-16-9-10(13)14-4-15-11(9)17/h4-5,7-8,12,18H,2-3H2,1H3,(H2,13,14,15)/t7-,8-,12-/m1/s1. The zero-order chi connectivity index (χ0) is 15.0. The molecule has 0 saturated carbocycles. The summed E-state index contributed by atoms with van der Waals surface area (Å²) < 4.78 is 12.3. The van der Waals surface area contributed by atoms with Gasteiger partial charge in [-0.3, -0.25) is 9.36 Å². The summed E-state index contributed by atoms with van der Waals surface area (Å²) in [5.74, 6) is -0.305. The molecule has 112 valence electrons. The second kappa shape index (κ2) is 5.26. The SMILES string of the molecule is CC(=O)OC[C@H]1O[C@@H](n2cnc3c(N)ncnc32)[C@@H]1CO. The molecule has 0 amide bonds. The zero-order valence-electron chi connectivity index (χ0n) is 11.3. The molecule has 9 nitrogen and oxygen atoms in total. The van der Waals surface area contributed by atoms with Gasteiger partial charge in [-0.15, -0.1) is 0 Å². The van der Waals surface area contributed by atoms with E-state index in [9.17, 15) is 9.90 Å². The van der Waals surface area contributed by atoms with E-state index >= 15 is 0 Å². The number of aromatic nitrogens is 4. The molecule has 0 aromatic carbocycles. The average Bonchev–Trinajstić information content (AvgIpc) is 2.83. The van der Waals surface area contributed by atoms with Crippen molar-refractivity contribution >= 4 is 23.0 Å². The highest BCUT2D eigenvalue weighted by atomic mass is 16.6. The number of anilines is 1. The summed E-state index contributed by atoms with van der Waals surface area (Å²) >= 11 is 0. The number of imidazole rings is 1. The molecule has 0 unspecified atom stereocenters. The molecule has 3 atom stereocenters. The normalized spacial score (nSPS) is 24.8. The molecule has 1 fully saturated rings. The Bertz CT molecular complexity index is 673. The van der Waals surface area contributed by atoms with E-state index in [1.807, 2.05) is 0 Å². The average molecular weight is 293 g/mol. The molecule has 21 heavy (non-hydrogen) atoms. The number of carbonyl (C=O) groups excluding carboxylic acids is 1. The highest BCUT2D eigenvalue weighted by Gasteiger charge is 2.44. The van der Waals surface area contributed by atoms with Crippen LogP contribution in [0, 0.1) is 5.92 Å². The summed E-state index contributed by atoms with van der Waals surface area (Å²) in [6, 6.07) is 0. The van der Waals surface area contributed by atoms with Crippen LogP contribution in [0.2, 0.25) is 0 Å². The van der Waals surface area contributed by atoms with E-state index in [4.69, 9.17) is 15.2 Å². The molecule has 3 heterocycles. The van der Waals surface area contributed by atoms with Gasteiger partial charge >= 0.3 is 5.97 Å². The van der Waals surface area contributed by atoms with Crippen LogP contribution >= 0.6 is 0 Å². The van der Waals surface area contributed by atoms with Crippen molar-refractivity contribution in [1.82, 2.24) is 19.5 Å². The number of nitrogens with two attached hydrogens (primary N) is 1. The smallest absolute Gasteiger partial charge is 0.302 e. The summed E-state index contributed by atoms with van der Waals surface area (Å²) in [4.78, 5) is 23.0. The van der Waals surface area contributed by atoms with Gasteiger partial charge in [-0.05, 0) is 0 Å².